The Morgan fingerprint density at radius 3 is 1.05 bits per heavy atom. The molecule has 0 aromatic carbocycles. The lowest BCUT2D eigenvalue weighted by Gasteiger charge is -2.18. The Hall–Kier alpha value is -3.41. The van der Waals surface area contributed by atoms with E-state index in [1.807, 2.05) is 6.08 Å². The highest BCUT2D eigenvalue weighted by atomic mass is 16.6. The van der Waals surface area contributed by atoms with Gasteiger partial charge in [0.1, 0.15) is 13.2 Å². The number of ether oxygens (including phenoxy) is 3. The van der Waals surface area contributed by atoms with E-state index in [4.69, 9.17) is 14.2 Å². The fourth-order valence-corrected chi connectivity index (χ4v) is 7.02. The summed E-state index contributed by atoms with van der Waals surface area (Å²) in [7, 11) is 0. The second kappa shape index (κ2) is 51.2. The largest absolute Gasteiger partial charge is 0.462 e. The van der Waals surface area contributed by atoms with Crippen molar-refractivity contribution in [3.8, 4) is 0 Å². The van der Waals surface area contributed by atoms with Crippen LogP contribution in [0, 0.1) is 0 Å². The van der Waals surface area contributed by atoms with Crippen LogP contribution in [0.3, 0.4) is 0 Å². The summed E-state index contributed by atoms with van der Waals surface area (Å²) in [4.78, 5) is 37.8. The Labute approximate surface area is 388 Å². The van der Waals surface area contributed by atoms with Crippen LogP contribution in [0.5, 0.6) is 0 Å². The maximum atomic E-state index is 12.7. The lowest BCUT2D eigenvalue weighted by atomic mass is 10.1. The van der Waals surface area contributed by atoms with E-state index in [0.717, 1.165) is 77.0 Å². The molecule has 1 unspecified atom stereocenters. The number of rotatable bonds is 46. The molecule has 0 aliphatic heterocycles. The van der Waals surface area contributed by atoms with Crippen LogP contribution in [-0.2, 0) is 28.6 Å². The van der Waals surface area contributed by atoms with Crippen LogP contribution in [0.2, 0.25) is 0 Å². The van der Waals surface area contributed by atoms with Gasteiger partial charge < -0.3 is 14.2 Å². The van der Waals surface area contributed by atoms with Crippen molar-refractivity contribution in [1.29, 1.82) is 0 Å². The Bertz CT molecular complexity index is 1240. The molecule has 360 valence electrons. The normalized spacial score (nSPS) is 12.7. The molecule has 0 bridgehead atoms. The predicted octanol–water partition coefficient (Wildman–Crippen LogP) is 17.2. The molecule has 0 spiro atoms. The Morgan fingerprint density at radius 2 is 0.667 bits per heavy atom. The average Bonchev–Trinajstić information content (AvgIpc) is 3.28. The second-order valence-electron chi connectivity index (χ2n) is 17.1. The zero-order valence-electron chi connectivity index (χ0n) is 41.1. The van der Waals surface area contributed by atoms with Crippen LogP contribution in [0.4, 0.5) is 0 Å². The molecule has 6 nitrogen and oxygen atoms in total. The third kappa shape index (κ3) is 49.5. The van der Waals surface area contributed by atoms with Gasteiger partial charge in [0.05, 0.1) is 6.42 Å². The monoisotopic (exact) mass is 877 g/mol. The number of hydrogen-bond donors (Lipinski definition) is 0. The molecule has 0 aliphatic rings. The van der Waals surface area contributed by atoms with Crippen molar-refractivity contribution >= 4 is 17.9 Å². The summed E-state index contributed by atoms with van der Waals surface area (Å²) >= 11 is 0. The summed E-state index contributed by atoms with van der Waals surface area (Å²) in [5.74, 6) is -1.05. The Morgan fingerprint density at radius 1 is 0.349 bits per heavy atom. The summed E-state index contributed by atoms with van der Waals surface area (Å²) in [5.41, 5.74) is 0. The molecule has 0 radical (unpaired) electrons. The topological polar surface area (TPSA) is 78.9 Å². The van der Waals surface area contributed by atoms with Gasteiger partial charge in [0.15, 0.2) is 6.10 Å². The maximum Gasteiger partial charge on any atom is 0.310 e. The molecule has 0 heterocycles. The van der Waals surface area contributed by atoms with Crippen LogP contribution in [-0.4, -0.2) is 37.2 Å². The third-order valence-corrected chi connectivity index (χ3v) is 10.9. The van der Waals surface area contributed by atoms with Crippen molar-refractivity contribution in [1.82, 2.24) is 0 Å². The van der Waals surface area contributed by atoms with Crippen molar-refractivity contribution in [2.45, 2.75) is 245 Å². The molecule has 0 saturated carbocycles. The number of carbonyl (C=O) groups excluding carboxylic acids is 3. The molecule has 63 heavy (non-hydrogen) atoms. The van der Waals surface area contributed by atoms with Crippen molar-refractivity contribution in [2.75, 3.05) is 13.2 Å². The van der Waals surface area contributed by atoms with E-state index >= 15 is 0 Å². The fraction of sp³-hybridized carbons (Fsp3) is 0.702. The minimum atomic E-state index is -0.829. The summed E-state index contributed by atoms with van der Waals surface area (Å²) in [5, 5.41) is 0. The first-order valence-electron chi connectivity index (χ1n) is 26.1. The summed E-state index contributed by atoms with van der Waals surface area (Å²) in [6.45, 7) is 6.40. The van der Waals surface area contributed by atoms with E-state index in [2.05, 4.69) is 93.7 Å². The Balaban J connectivity index is 4.39. The first kappa shape index (κ1) is 59.6. The van der Waals surface area contributed by atoms with Crippen molar-refractivity contribution in [2.24, 2.45) is 0 Å². The van der Waals surface area contributed by atoms with Gasteiger partial charge >= 0.3 is 17.9 Å². The molecular formula is C57H96O6. The van der Waals surface area contributed by atoms with Gasteiger partial charge in [-0.3, -0.25) is 14.4 Å². The van der Waals surface area contributed by atoms with Crippen LogP contribution >= 0.6 is 0 Å². The summed E-state index contributed by atoms with van der Waals surface area (Å²) in [6, 6.07) is 0. The molecular weight excluding hydrogens is 781 g/mol. The standard InChI is InChI=1S/C57H96O6/c1-4-7-10-13-16-19-21-23-25-26-27-28-29-30-32-33-35-38-41-44-47-50-56(59)62-53-54(52-61-55(58)49-46-43-40-37-18-15-12-9-6-3)63-57(60)51-48-45-42-39-36-34-31-24-22-20-17-14-11-8-5-2/h8,11,17,20-21,23-24,26-27,31,36,39,45,48,54H,4-7,9-10,12-16,18-19,22,25,28-30,32-35,37-38,40-44,46-47,49-53H2,1-3H3/b11-8-,20-17-,23-21-,27-26-,31-24-,39-36-,48-45-. The van der Waals surface area contributed by atoms with E-state index in [1.165, 1.54) is 122 Å². The average molecular weight is 877 g/mol. The van der Waals surface area contributed by atoms with Crippen molar-refractivity contribution < 1.29 is 28.6 Å². The molecule has 0 saturated heterocycles. The van der Waals surface area contributed by atoms with Gasteiger partial charge in [-0.15, -0.1) is 0 Å². The molecule has 0 aromatic rings. The third-order valence-electron chi connectivity index (χ3n) is 10.9. The highest BCUT2D eigenvalue weighted by molar-refractivity contribution is 5.72. The highest BCUT2D eigenvalue weighted by Gasteiger charge is 2.19. The summed E-state index contributed by atoms with van der Waals surface area (Å²) < 4.78 is 16.6. The van der Waals surface area contributed by atoms with Gasteiger partial charge in [0, 0.05) is 12.8 Å². The van der Waals surface area contributed by atoms with E-state index in [-0.39, 0.29) is 31.6 Å². The van der Waals surface area contributed by atoms with Crippen molar-refractivity contribution in [3.63, 3.8) is 0 Å². The molecule has 0 rings (SSSR count). The highest BCUT2D eigenvalue weighted by Crippen LogP contribution is 2.14. The minimum absolute atomic E-state index is 0.0964. The van der Waals surface area contributed by atoms with Gasteiger partial charge in [-0.1, -0.05) is 228 Å². The van der Waals surface area contributed by atoms with Crippen LogP contribution in [0.25, 0.3) is 0 Å². The number of unbranched alkanes of at least 4 members (excludes halogenated alkanes) is 22. The van der Waals surface area contributed by atoms with E-state index in [0.29, 0.717) is 12.8 Å². The number of carbonyl (C=O) groups is 3. The quantitative estimate of drug-likeness (QED) is 0.0262. The first-order chi connectivity index (χ1) is 31.0. The van der Waals surface area contributed by atoms with Crippen molar-refractivity contribution in [3.05, 3.63) is 85.1 Å². The zero-order chi connectivity index (χ0) is 45.8. The molecule has 1 atom stereocenters. The van der Waals surface area contributed by atoms with E-state index in [1.54, 1.807) is 6.08 Å². The van der Waals surface area contributed by atoms with Crippen LogP contribution in [0.15, 0.2) is 85.1 Å². The van der Waals surface area contributed by atoms with Gasteiger partial charge in [0.2, 0.25) is 0 Å². The van der Waals surface area contributed by atoms with Crippen LogP contribution < -0.4 is 0 Å². The van der Waals surface area contributed by atoms with Crippen LogP contribution in [0.1, 0.15) is 239 Å². The second-order valence-corrected chi connectivity index (χ2v) is 17.1. The maximum absolute atomic E-state index is 12.7. The summed E-state index contributed by atoms with van der Waals surface area (Å²) in [6.07, 6.45) is 66.0. The molecule has 0 aliphatic carbocycles. The zero-order valence-corrected chi connectivity index (χ0v) is 41.1. The van der Waals surface area contributed by atoms with Gasteiger partial charge in [-0.05, 0) is 77.0 Å². The van der Waals surface area contributed by atoms with Gasteiger partial charge in [-0.2, -0.15) is 0 Å². The molecule has 0 aromatic heterocycles. The molecule has 0 N–H and O–H groups in total. The van der Waals surface area contributed by atoms with E-state index < -0.39 is 12.1 Å². The molecule has 6 heteroatoms. The number of hydrogen-bond acceptors (Lipinski definition) is 6. The van der Waals surface area contributed by atoms with E-state index in [9.17, 15) is 14.4 Å². The SMILES string of the molecule is CC/C=C\C/C=C\C/C=C\C/C=C\C/C=C\CC(=O)OC(COC(=O)CCCCCCCCCCC)COC(=O)CCCCCCCCCCC/C=C\C/C=C\CCCCCCC. The molecule has 0 fully saturated rings. The number of esters is 3. The predicted molar refractivity (Wildman–Crippen MR) is 270 cm³/mol. The van der Waals surface area contributed by atoms with Gasteiger partial charge in [0.25, 0.3) is 0 Å². The fourth-order valence-electron chi connectivity index (χ4n) is 7.02. The smallest absolute Gasteiger partial charge is 0.310 e. The minimum Gasteiger partial charge on any atom is -0.462 e. The lowest BCUT2D eigenvalue weighted by Crippen LogP contribution is -2.30. The Kier molecular flexibility index (Phi) is 48.5. The first-order valence-corrected chi connectivity index (χ1v) is 26.1. The number of allylic oxidation sites excluding steroid dienone is 13. The molecule has 0 amide bonds. The lowest BCUT2D eigenvalue weighted by molar-refractivity contribution is -0.166. The van der Waals surface area contributed by atoms with Gasteiger partial charge in [-0.25, -0.2) is 0 Å².